The predicted octanol–water partition coefficient (Wildman–Crippen LogP) is 1.29. The maximum atomic E-state index is 12.6. The van der Waals surface area contributed by atoms with Gasteiger partial charge < -0.3 is 4.90 Å². The summed E-state index contributed by atoms with van der Waals surface area (Å²) in [4.78, 5) is 18.7. The molecule has 7 heteroatoms. The molecule has 1 saturated heterocycles. The highest BCUT2D eigenvalue weighted by atomic mass is 32.2. The van der Waals surface area contributed by atoms with E-state index in [1.54, 1.807) is 11.0 Å². The van der Waals surface area contributed by atoms with Crippen molar-refractivity contribution >= 4 is 26.8 Å². The van der Waals surface area contributed by atoms with E-state index in [2.05, 4.69) is 4.98 Å². The Morgan fingerprint density at radius 3 is 2.87 bits per heavy atom. The van der Waals surface area contributed by atoms with Crippen LogP contribution in [0.1, 0.15) is 22.5 Å². The van der Waals surface area contributed by atoms with Gasteiger partial charge >= 0.3 is 0 Å². The first-order chi connectivity index (χ1) is 10.8. The van der Waals surface area contributed by atoms with Crippen LogP contribution in [0.2, 0.25) is 0 Å². The Morgan fingerprint density at radius 2 is 2.13 bits per heavy atom. The maximum absolute atomic E-state index is 12.6. The summed E-state index contributed by atoms with van der Waals surface area (Å²) in [5.41, 5.74) is 2.19. The largest absolute Gasteiger partial charge is 0.337 e. The number of hydrogen-bond donors (Lipinski definition) is 1. The number of aryl methyl sites for hydroxylation is 1. The average Bonchev–Trinajstić information content (AvgIpc) is 2.92. The molecule has 0 spiro atoms. The smallest absolute Gasteiger partial charge is 0.272 e. The van der Waals surface area contributed by atoms with Gasteiger partial charge in [-0.3, -0.25) is 4.79 Å². The van der Waals surface area contributed by atoms with Gasteiger partial charge in [0.1, 0.15) is 5.69 Å². The van der Waals surface area contributed by atoms with Crippen LogP contribution >= 0.6 is 0 Å². The molecule has 0 aliphatic carbocycles. The Labute approximate surface area is 135 Å². The van der Waals surface area contributed by atoms with Gasteiger partial charge in [-0.15, -0.1) is 0 Å². The number of para-hydroxylation sites is 1. The van der Waals surface area contributed by atoms with E-state index in [0.29, 0.717) is 25.2 Å². The van der Waals surface area contributed by atoms with E-state index in [0.717, 1.165) is 16.5 Å². The van der Waals surface area contributed by atoms with Gasteiger partial charge in [-0.1, -0.05) is 18.2 Å². The second-order valence-corrected chi connectivity index (χ2v) is 7.74. The Hall–Kier alpha value is -1.99. The Kier molecular flexibility index (Phi) is 4.08. The van der Waals surface area contributed by atoms with Gasteiger partial charge in [0.05, 0.1) is 11.3 Å². The van der Waals surface area contributed by atoms with Crippen molar-refractivity contribution in [2.75, 3.05) is 18.8 Å². The van der Waals surface area contributed by atoms with E-state index < -0.39 is 10.0 Å². The topological polar surface area (TPSA) is 93.4 Å². The van der Waals surface area contributed by atoms with Crippen molar-refractivity contribution in [1.82, 2.24) is 9.88 Å². The molecule has 23 heavy (non-hydrogen) atoms. The molecule has 1 aromatic heterocycles. The van der Waals surface area contributed by atoms with E-state index in [1.165, 1.54) is 0 Å². The van der Waals surface area contributed by atoms with Crippen LogP contribution in [-0.4, -0.2) is 43.1 Å². The van der Waals surface area contributed by atoms with E-state index in [-0.39, 0.29) is 17.6 Å². The third-order valence-corrected chi connectivity index (χ3v) is 5.12. The van der Waals surface area contributed by atoms with Gasteiger partial charge in [0.15, 0.2) is 0 Å². The van der Waals surface area contributed by atoms with Crippen LogP contribution in [0.15, 0.2) is 30.3 Å². The van der Waals surface area contributed by atoms with Crippen LogP contribution in [0, 0.1) is 12.8 Å². The first kappa shape index (κ1) is 15.9. The van der Waals surface area contributed by atoms with Gasteiger partial charge in [0, 0.05) is 18.5 Å². The fraction of sp³-hybridized carbons (Fsp3) is 0.375. The monoisotopic (exact) mass is 333 g/mol. The highest BCUT2D eigenvalue weighted by molar-refractivity contribution is 7.89. The number of likely N-dealkylation sites (tertiary alicyclic amines) is 1. The van der Waals surface area contributed by atoms with E-state index >= 15 is 0 Å². The molecule has 2 aromatic rings. The molecule has 1 aromatic carbocycles. The number of hydrogen-bond acceptors (Lipinski definition) is 4. The minimum atomic E-state index is -3.51. The molecule has 6 nitrogen and oxygen atoms in total. The standard InChI is InChI=1S/C16H19N3O3S/c1-11-8-15(18-14-5-3-2-4-13(11)14)16(20)19-7-6-12(9-19)10-23(17,21)22/h2-5,8,12H,6-7,9-10H2,1H3,(H2,17,21,22). The molecule has 1 atom stereocenters. The van der Waals surface area contributed by atoms with E-state index in [1.807, 2.05) is 31.2 Å². The van der Waals surface area contributed by atoms with Crippen LogP contribution in [0.25, 0.3) is 10.9 Å². The number of primary sulfonamides is 1. The van der Waals surface area contributed by atoms with Gasteiger partial charge in [-0.05, 0) is 37.0 Å². The van der Waals surface area contributed by atoms with Crippen LogP contribution in [-0.2, 0) is 10.0 Å². The highest BCUT2D eigenvalue weighted by Gasteiger charge is 2.30. The molecule has 0 bridgehead atoms. The number of sulfonamides is 1. The lowest BCUT2D eigenvalue weighted by atomic mass is 10.1. The second-order valence-electron chi connectivity index (χ2n) is 6.08. The van der Waals surface area contributed by atoms with Crippen molar-refractivity contribution in [3.05, 3.63) is 41.6 Å². The average molecular weight is 333 g/mol. The van der Waals surface area contributed by atoms with Crippen molar-refractivity contribution in [1.29, 1.82) is 0 Å². The summed E-state index contributed by atoms with van der Waals surface area (Å²) in [6.07, 6.45) is 0.648. The zero-order valence-corrected chi connectivity index (χ0v) is 13.7. The first-order valence-corrected chi connectivity index (χ1v) is 9.21. The summed E-state index contributed by atoms with van der Waals surface area (Å²) in [7, 11) is -3.51. The van der Waals surface area contributed by atoms with E-state index in [9.17, 15) is 13.2 Å². The van der Waals surface area contributed by atoms with Gasteiger partial charge in [-0.25, -0.2) is 18.5 Å². The number of amides is 1. The van der Waals surface area contributed by atoms with E-state index in [4.69, 9.17) is 5.14 Å². The fourth-order valence-corrected chi connectivity index (χ4v) is 4.03. The van der Waals surface area contributed by atoms with Crippen LogP contribution in [0.4, 0.5) is 0 Å². The molecular formula is C16H19N3O3S. The molecule has 0 saturated carbocycles. The molecule has 1 aliphatic rings. The summed E-state index contributed by atoms with van der Waals surface area (Å²) in [5, 5.41) is 6.11. The molecule has 2 heterocycles. The SMILES string of the molecule is Cc1cc(C(=O)N2CCC(CS(N)(=O)=O)C2)nc2ccccc12. The zero-order valence-electron chi connectivity index (χ0n) is 12.9. The number of carbonyl (C=O) groups is 1. The lowest BCUT2D eigenvalue weighted by Gasteiger charge is -2.16. The Bertz CT molecular complexity index is 864. The third kappa shape index (κ3) is 3.51. The third-order valence-electron chi connectivity index (χ3n) is 4.18. The molecule has 1 amide bonds. The van der Waals surface area contributed by atoms with Gasteiger partial charge in [0.2, 0.25) is 10.0 Å². The van der Waals surface area contributed by atoms with Crippen molar-refractivity contribution in [3.8, 4) is 0 Å². The van der Waals surface area contributed by atoms with Gasteiger partial charge in [0.25, 0.3) is 5.91 Å². The molecule has 122 valence electrons. The molecule has 1 unspecified atom stereocenters. The molecule has 2 N–H and O–H groups in total. The van der Waals surface area contributed by atoms with Crippen molar-refractivity contribution < 1.29 is 13.2 Å². The second kappa shape index (κ2) is 5.90. The summed E-state index contributed by atoms with van der Waals surface area (Å²) in [6.45, 7) is 2.89. The summed E-state index contributed by atoms with van der Waals surface area (Å²) < 4.78 is 22.4. The number of fused-ring (bicyclic) bond motifs is 1. The van der Waals surface area contributed by atoms with Gasteiger partial charge in [-0.2, -0.15) is 0 Å². The predicted molar refractivity (Wildman–Crippen MR) is 88.5 cm³/mol. The number of carbonyl (C=O) groups excluding carboxylic acids is 1. The molecule has 1 fully saturated rings. The number of aromatic nitrogens is 1. The first-order valence-electron chi connectivity index (χ1n) is 7.49. The molecule has 1 aliphatic heterocycles. The number of rotatable bonds is 3. The quantitative estimate of drug-likeness (QED) is 0.916. The van der Waals surface area contributed by atoms with Crippen LogP contribution in [0.5, 0.6) is 0 Å². The normalized spacial score (nSPS) is 18.5. The lowest BCUT2D eigenvalue weighted by Crippen LogP contribution is -2.31. The highest BCUT2D eigenvalue weighted by Crippen LogP contribution is 2.22. The lowest BCUT2D eigenvalue weighted by molar-refractivity contribution is 0.0782. The minimum Gasteiger partial charge on any atom is -0.337 e. The molecule has 0 radical (unpaired) electrons. The van der Waals surface area contributed by atoms with Crippen LogP contribution < -0.4 is 5.14 Å². The Morgan fingerprint density at radius 1 is 1.39 bits per heavy atom. The number of benzene rings is 1. The molecule has 3 rings (SSSR count). The zero-order chi connectivity index (χ0) is 16.6. The molecular weight excluding hydrogens is 314 g/mol. The van der Waals surface area contributed by atoms with Crippen molar-refractivity contribution in [2.24, 2.45) is 11.1 Å². The Balaban J connectivity index is 1.81. The number of pyridine rings is 1. The van der Waals surface area contributed by atoms with Crippen molar-refractivity contribution in [2.45, 2.75) is 13.3 Å². The number of nitrogens with two attached hydrogens (primary N) is 1. The number of nitrogens with zero attached hydrogens (tertiary/aromatic N) is 2. The summed E-state index contributed by atoms with van der Waals surface area (Å²) >= 11 is 0. The van der Waals surface area contributed by atoms with Crippen molar-refractivity contribution in [3.63, 3.8) is 0 Å². The maximum Gasteiger partial charge on any atom is 0.272 e. The minimum absolute atomic E-state index is 0.0824. The summed E-state index contributed by atoms with van der Waals surface area (Å²) in [6, 6.07) is 9.48. The fourth-order valence-electron chi connectivity index (χ4n) is 3.10. The van der Waals surface area contributed by atoms with Crippen LogP contribution in [0.3, 0.4) is 0 Å². The summed E-state index contributed by atoms with van der Waals surface area (Å²) in [5.74, 6) is -0.340.